The average molecular weight is 765 g/mol. The second-order valence-corrected chi connectivity index (χ2v) is 15.6. The van der Waals surface area contributed by atoms with Gasteiger partial charge >= 0.3 is 0 Å². The Labute approximate surface area is 343 Å². The molecule has 0 aliphatic rings. The molecule has 0 aliphatic carbocycles. The van der Waals surface area contributed by atoms with Crippen LogP contribution in [0.3, 0.4) is 0 Å². The summed E-state index contributed by atoms with van der Waals surface area (Å²) in [7, 11) is 0. The van der Waals surface area contributed by atoms with Gasteiger partial charge in [-0.2, -0.15) is 0 Å². The largest absolute Gasteiger partial charge is 0.455 e. The van der Waals surface area contributed by atoms with Gasteiger partial charge < -0.3 is 8.98 Å². The monoisotopic (exact) mass is 764 g/mol. The van der Waals surface area contributed by atoms with Crippen molar-refractivity contribution in [3.8, 4) is 39.9 Å². The minimum Gasteiger partial charge on any atom is -0.455 e. The minimum atomic E-state index is 0.553. The summed E-state index contributed by atoms with van der Waals surface area (Å²) >= 11 is 0. The quantitative estimate of drug-likeness (QED) is 0.179. The molecule has 60 heavy (non-hydrogen) atoms. The van der Waals surface area contributed by atoms with E-state index >= 15 is 0 Å². The minimum absolute atomic E-state index is 0.553. The van der Waals surface area contributed by atoms with Crippen LogP contribution < -0.4 is 0 Å². The number of rotatable bonds is 4. The molecule has 3 aromatic heterocycles. The first kappa shape index (κ1) is 32.9. The van der Waals surface area contributed by atoms with Crippen LogP contribution in [0.2, 0.25) is 0 Å². The molecule has 0 unspecified atom stereocenters. The number of furan rings is 1. The van der Waals surface area contributed by atoms with Crippen molar-refractivity contribution in [3.05, 3.63) is 194 Å². The summed E-state index contributed by atoms with van der Waals surface area (Å²) in [6.45, 7) is 0. The molecule has 5 nitrogen and oxygen atoms in total. The number of aromatic nitrogens is 4. The zero-order valence-corrected chi connectivity index (χ0v) is 32.2. The van der Waals surface area contributed by atoms with Crippen LogP contribution in [0.5, 0.6) is 0 Å². The molecular formula is C55H32N4O. The fourth-order valence-electron chi connectivity index (χ4n) is 9.41. The fraction of sp³-hybridized carbons (Fsp3) is 0. The lowest BCUT2D eigenvalue weighted by atomic mass is 9.99. The van der Waals surface area contributed by atoms with Crippen LogP contribution in [0.1, 0.15) is 0 Å². The van der Waals surface area contributed by atoms with Gasteiger partial charge in [-0.05, 0) is 74.1 Å². The fourth-order valence-corrected chi connectivity index (χ4v) is 9.41. The number of nitrogens with zero attached hydrogens (tertiary/aromatic N) is 4. The molecule has 13 rings (SSSR count). The van der Waals surface area contributed by atoms with Crippen LogP contribution >= 0.6 is 0 Å². The van der Waals surface area contributed by atoms with Crippen LogP contribution in [0, 0.1) is 0 Å². The van der Waals surface area contributed by atoms with Gasteiger partial charge in [0.1, 0.15) is 11.2 Å². The number of benzene rings is 10. The first-order chi connectivity index (χ1) is 29.7. The van der Waals surface area contributed by atoms with E-state index in [0.717, 1.165) is 65.9 Å². The van der Waals surface area contributed by atoms with E-state index in [9.17, 15) is 0 Å². The molecule has 0 spiro atoms. The van der Waals surface area contributed by atoms with Gasteiger partial charge in [0.05, 0.1) is 16.6 Å². The second-order valence-electron chi connectivity index (χ2n) is 15.6. The predicted molar refractivity (Wildman–Crippen MR) is 248 cm³/mol. The molecule has 3 heterocycles. The van der Waals surface area contributed by atoms with Crippen LogP contribution in [0.15, 0.2) is 199 Å². The smallest absolute Gasteiger partial charge is 0.167 e. The molecule has 0 saturated heterocycles. The third-order valence-corrected chi connectivity index (χ3v) is 12.2. The summed E-state index contributed by atoms with van der Waals surface area (Å²) in [5, 5.41) is 13.8. The van der Waals surface area contributed by atoms with Crippen molar-refractivity contribution in [2.45, 2.75) is 0 Å². The molecule has 0 atom stereocenters. The third-order valence-electron chi connectivity index (χ3n) is 12.2. The second kappa shape index (κ2) is 12.7. The standard InChI is InChI=1S/C55H32N4O/c1-2-15-35(16-3-1)53-56-54(44-23-12-19-33-13-6-8-20-40(33)44)58-55(57-53)47-31-38-29-39(26-28-41(38)50-45-22-10-11-24-49(45)60-52(47)50)59-48-32-37-18-5-4-17-36(37)30-46(48)43-27-25-34-14-7-9-21-42(34)51(43)59/h1-32H. The highest BCUT2D eigenvalue weighted by atomic mass is 16.3. The van der Waals surface area contributed by atoms with E-state index in [0.29, 0.717) is 17.5 Å². The van der Waals surface area contributed by atoms with Gasteiger partial charge in [-0.15, -0.1) is 0 Å². The predicted octanol–water partition coefficient (Wildman–Crippen LogP) is 14.5. The SMILES string of the molecule is c1ccc(-c2nc(-c3cccc4ccccc34)nc(-c3cc4cc(-n5c6cc7ccccc7cc6c6ccc7ccccc7c65)ccc4c4c3oc3ccccc34)n2)cc1. The molecule has 0 aliphatic heterocycles. The van der Waals surface area contributed by atoms with Crippen LogP contribution in [0.25, 0.3) is 127 Å². The summed E-state index contributed by atoms with van der Waals surface area (Å²) in [5.74, 6) is 1.77. The maximum atomic E-state index is 6.81. The normalized spacial score (nSPS) is 12.0. The Morgan fingerprint density at radius 1 is 0.367 bits per heavy atom. The lowest BCUT2D eigenvalue weighted by Crippen LogP contribution is -2.01. The van der Waals surface area contributed by atoms with Crippen LogP contribution in [-0.4, -0.2) is 19.5 Å². The highest BCUT2D eigenvalue weighted by molar-refractivity contribution is 6.24. The van der Waals surface area contributed by atoms with Gasteiger partial charge in [-0.1, -0.05) is 158 Å². The van der Waals surface area contributed by atoms with Crippen molar-refractivity contribution in [1.29, 1.82) is 0 Å². The molecule has 0 bridgehead atoms. The number of hydrogen-bond donors (Lipinski definition) is 0. The van der Waals surface area contributed by atoms with Crippen LogP contribution in [-0.2, 0) is 0 Å². The van der Waals surface area contributed by atoms with E-state index in [4.69, 9.17) is 19.4 Å². The van der Waals surface area contributed by atoms with Crippen molar-refractivity contribution in [3.63, 3.8) is 0 Å². The highest BCUT2D eigenvalue weighted by Crippen LogP contribution is 2.43. The van der Waals surface area contributed by atoms with Crippen molar-refractivity contribution in [1.82, 2.24) is 19.5 Å². The van der Waals surface area contributed by atoms with Crippen LogP contribution in [0.4, 0.5) is 0 Å². The van der Waals surface area contributed by atoms with Gasteiger partial charge in [-0.3, -0.25) is 0 Å². The molecular weight excluding hydrogens is 733 g/mol. The Morgan fingerprint density at radius 3 is 1.83 bits per heavy atom. The molecule has 5 heteroatoms. The Bertz CT molecular complexity index is 3890. The maximum Gasteiger partial charge on any atom is 0.167 e. The van der Waals surface area contributed by atoms with E-state index in [1.165, 1.54) is 43.4 Å². The molecule has 0 N–H and O–H groups in total. The van der Waals surface area contributed by atoms with E-state index in [-0.39, 0.29) is 0 Å². The van der Waals surface area contributed by atoms with Gasteiger partial charge in [0.2, 0.25) is 0 Å². The van der Waals surface area contributed by atoms with Crippen molar-refractivity contribution in [2.24, 2.45) is 0 Å². The van der Waals surface area contributed by atoms with E-state index in [2.05, 4.69) is 156 Å². The van der Waals surface area contributed by atoms with E-state index in [1.807, 2.05) is 42.5 Å². The zero-order valence-electron chi connectivity index (χ0n) is 32.2. The Balaban J connectivity index is 1.13. The first-order valence-corrected chi connectivity index (χ1v) is 20.3. The molecule has 13 aromatic rings. The Morgan fingerprint density at radius 2 is 1.00 bits per heavy atom. The van der Waals surface area contributed by atoms with E-state index < -0.39 is 0 Å². The van der Waals surface area contributed by atoms with Gasteiger partial charge in [0.25, 0.3) is 0 Å². The first-order valence-electron chi connectivity index (χ1n) is 20.3. The highest BCUT2D eigenvalue weighted by Gasteiger charge is 2.22. The summed E-state index contributed by atoms with van der Waals surface area (Å²) < 4.78 is 9.26. The third kappa shape index (κ3) is 4.90. The molecule has 10 aromatic carbocycles. The number of fused-ring (bicyclic) bond motifs is 12. The lowest BCUT2D eigenvalue weighted by Gasteiger charge is -2.13. The van der Waals surface area contributed by atoms with Gasteiger partial charge in [0, 0.05) is 43.7 Å². The Kier molecular flexibility index (Phi) is 6.95. The Hall–Kier alpha value is -8.15. The van der Waals surface area contributed by atoms with Gasteiger partial charge in [-0.25, -0.2) is 15.0 Å². The van der Waals surface area contributed by atoms with Crippen molar-refractivity contribution >= 4 is 86.8 Å². The summed E-state index contributed by atoms with van der Waals surface area (Å²) in [6, 6.07) is 68.7. The zero-order chi connectivity index (χ0) is 39.3. The van der Waals surface area contributed by atoms with Crippen molar-refractivity contribution in [2.75, 3.05) is 0 Å². The molecule has 0 radical (unpaired) electrons. The molecule has 278 valence electrons. The van der Waals surface area contributed by atoms with Gasteiger partial charge in [0.15, 0.2) is 17.5 Å². The molecule has 0 amide bonds. The summed E-state index contributed by atoms with van der Waals surface area (Å²) in [5.41, 5.74) is 7.67. The summed E-state index contributed by atoms with van der Waals surface area (Å²) in [6.07, 6.45) is 0. The van der Waals surface area contributed by atoms with Crippen molar-refractivity contribution < 1.29 is 4.42 Å². The van der Waals surface area contributed by atoms with E-state index in [1.54, 1.807) is 0 Å². The summed E-state index contributed by atoms with van der Waals surface area (Å²) in [4.78, 5) is 15.7. The lowest BCUT2D eigenvalue weighted by molar-refractivity contribution is 0.670. The number of hydrogen-bond acceptors (Lipinski definition) is 4. The topological polar surface area (TPSA) is 56.7 Å². The number of para-hydroxylation sites is 1. The molecule has 0 fully saturated rings. The maximum absolute atomic E-state index is 6.81. The molecule has 0 saturated carbocycles. The average Bonchev–Trinajstić information content (AvgIpc) is 3.86.